The van der Waals surface area contributed by atoms with Crippen LogP contribution in [-0.2, 0) is 6.42 Å². The Bertz CT molecular complexity index is 316. The van der Waals surface area contributed by atoms with Crippen LogP contribution in [0.15, 0.2) is 18.7 Å². The van der Waals surface area contributed by atoms with Crippen LogP contribution in [0, 0.1) is 0 Å². The highest BCUT2D eigenvalue weighted by molar-refractivity contribution is 5.71. The Kier molecular flexibility index (Phi) is 2.14. The van der Waals surface area contributed by atoms with Crippen molar-refractivity contribution in [3.63, 3.8) is 0 Å². The van der Waals surface area contributed by atoms with Crippen LogP contribution in [0.2, 0.25) is 0 Å². The van der Waals surface area contributed by atoms with Gasteiger partial charge in [0.05, 0.1) is 5.69 Å². The van der Waals surface area contributed by atoms with Gasteiger partial charge in [-0.15, -0.1) is 11.3 Å². The van der Waals surface area contributed by atoms with E-state index in [2.05, 4.69) is 11.7 Å². The van der Waals surface area contributed by atoms with E-state index in [4.69, 9.17) is 10.8 Å². The quantitative estimate of drug-likeness (QED) is 0.636. The molecular formula is C7H9N3O2. The highest BCUT2D eigenvalue weighted by Crippen LogP contribution is 2.06. The Labute approximate surface area is 69.1 Å². The molecule has 1 rings (SSSR count). The van der Waals surface area contributed by atoms with Gasteiger partial charge in [0.25, 0.3) is 0 Å². The largest absolute Gasteiger partial charge is 0.463 e. The Morgan fingerprint density at radius 2 is 2.58 bits per heavy atom. The van der Waals surface area contributed by atoms with Gasteiger partial charge in [0.1, 0.15) is 5.82 Å². The van der Waals surface area contributed by atoms with E-state index in [0.717, 1.165) is 4.68 Å². The van der Waals surface area contributed by atoms with Crippen molar-refractivity contribution in [3.05, 3.63) is 24.4 Å². The molecule has 1 heterocycles. The van der Waals surface area contributed by atoms with E-state index >= 15 is 0 Å². The predicted molar refractivity (Wildman–Crippen MR) is 44.0 cm³/mol. The van der Waals surface area contributed by atoms with Gasteiger partial charge in [-0.2, -0.15) is 5.10 Å². The first-order valence-corrected chi connectivity index (χ1v) is 3.33. The number of carbonyl (C=O) groups is 1. The molecule has 0 fully saturated rings. The summed E-state index contributed by atoms with van der Waals surface area (Å²) in [6.45, 7) is 3.50. The lowest BCUT2D eigenvalue weighted by atomic mass is 10.3. The molecule has 0 aliphatic rings. The van der Waals surface area contributed by atoms with Crippen molar-refractivity contribution in [1.82, 2.24) is 9.78 Å². The lowest BCUT2D eigenvalue weighted by Gasteiger charge is -1.92. The predicted octanol–water partition coefficient (Wildman–Crippen LogP) is 0.720. The Morgan fingerprint density at radius 3 is 3.00 bits per heavy atom. The van der Waals surface area contributed by atoms with Crippen molar-refractivity contribution in [3.8, 4) is 0 Å². The molecule has 0 aliphatic carbocycles. The highest BCUT2D eigenvalue weighted by atomic mass is 16.4. The Balaban J connectivity index is 2.99. The third kappa shape index (κ3) is 1.45. The monoisotopic (exact) mass is 167 g/mol. The maximum atomic E-state index is 10.4. The average Bonchev–Trinajstić information content (AvgIpc) is 2.32. The smallest absolute Gasteiger partial charge is 0.434 e. The standard InChI is InChI=1S/C7H9N3O2/c1-2-3-5-4-6(8)10(9-5)7(11)12/h2,4H,1,3,8H2,(H,11,12). The maximum absolute atomic E-state index is 10.4. The van der Waals surface area contributed by atoms with Crippen LogP contribution in [0.5, 0.6) is 0 Å². The second-order valence-electron chi connectivity index (χ2n) is 2.25. The average molecular weight is 167 g/mol. The third-order valence-corrected chi connectivity index (χ3v) is 1.32. The van der Waals surface area contributed by atoms with Crippen molar-refractivity contribution in [2.45, 2.75) is 6.42 Å². The van der Waals surface area contributed by atoms with Crippen molar-refractivity contribution in [1.29, 1.82) is 0 Å². The molecule has 64 valence electrons. The summed E-state index contributed by atoms with van der Waals surface area (Å²) in [4.78, 5) is 10.4. The minimum atomic E-state index is -1.18. The first-order chi connectivity index (χ1) is 5.65. The van der Waals surface area contributed by atoms with E-state index in [-0.39, 0.29) is 5.82 Å². The maximum Gasteiger partial charge on any atom is 0.434 e. The van der Waals surface area contributed by atoms with E-state index in [1.54, 1.807) is 6.08 Å². The number of hydrogen-bond acceptors (Lipinski definition) is 3. The fourth-order valence-electron chi connectivity index (χ4n) is 0.848. The second-order valence-corrected chi connectivity index (χ2v) is 2.25. The molecule has 0 aromatic carbocycles. The van der Waals surface area contributed by atoms with Gasteiger partial charge in [-0.1, -0.05) is 6.08 Å². The van der Waals surface area contributed by atoms with E-state index in [9.17, 15) is 4.79 Å². The number of carboxylic acid groups (broad SMARTS) is 1. The van der Waals surface area contributed by atoms with Crippen LogP contribution in [0.3, 0.4) is 0 Å². The molecule has 5 nitrogen and oxygen atoms in total. The molecule has 0 saturated carbocycles. The van der Waals surface area contributed by atoms with Crippen molar-refractivity contribution >= 4 is 11.9 Å². The number of nitrogens with zero attached hydrogens (tertiary/aromatic N) is 2. The highest BCUT2D eigenvalue weighted by Gasteiger charge is 2.08. The summed E-state index contributed by atoms with van der Waals surface area (Å²) < 4.78 is 0.735. The number of rotatable bonds is 2. The topological polar surface area (TPSA) is 81.1 Å². The summed E-state index contributed by atoms with van der Waals surface area (Å²) in [5.41, 5.74) is 5.96. The van der Waals surface area contributed by atoms with Gasteiger partial charge in [-0.25, -0.2) is 4.79 Å². The minimum Gasteiger partial charge on any atom is -0.463 e. The van der Waals surface area contributed by atoms with Crippen LogP contribution >= 0.6 is 0 Å². The molecule has 0 bridgehead atoms. The van der Waals surface area contributed by atoms with E-state index in [1.807, 2.05) is 0 Å². The fraction of sp³-hybridized carbons (Fsp3) is 0.143. The molecule has 0 spiro atoms. The van der Waals surface area contributed by atoms with Crippen molar-refractivity contribution < 1.29 is 9.90 Å². The van der Waals surface area contributed by atoms with Gasteiger partial charge < -0.3 is 10.8 Å². The van der Waals surface area contributed by atoms with Crippen LogP contribution in [0.4, 0.5) is 10.6 Å². The zero-order valence-corrected chi connectivity index (χ0v) is 6.40. The summed E-state index contributed by atoms with van der Waals surface area (Å²) >= 11 is 0. The lowest BCUT2D eigenvalue weighted by Crippen LogP contribution is -2.12. The Morgan fingerprint density at radius 1 is 1.92 bits per heavy atom. The van der Waals surface area contributed by atoms with Crippen LogP contribution in [0.25, 0.3) is 0 Å². The van der Waals surface area contributed by atoms with Gasteiger partial charge in [0, 0.05) is 12.5 Å². The molecule has 0 unspecified atom stereocenters. The Hall–Kier alpha value is -1.78. The number of nitrogens with two attached hydrogens (primary N) is 1. The first-order valence-electron chi connectivity index (χ1n) is 3.33. The van der Waals surface area contributed by atoms with Crippen LogP contribution in [-0.4, -0.2) is 21.0 Å². The first kappa shape index (κ1) is 8.32. The van der Waals surface area contributed by atoms with Gasteiger partial charge >= 0.3 is 6.09 Å². The zero-order chi connectivity index (χ0) is 9.14. The van der Waals surface area contributed by atoms with Gasteiger partial charge in [0.2, 0.25) is 0 Å². The lowest BCUT2D eigenvalue weighted by molar-refractivity contribution is 0.193. The fourth-order valence-corrected chi connectivity index (χ4v) is 0.848. The van der Waals surface area contributed by atoms with E-state index in [0.29, 0.717) is 12.1 Å². The molecule has 0 radical (unpaired) electrons. The van der Waals surface area contributed by atoms with Gasteiger partial charge in [0.15, 0.2) is 0 Å². The number of hydrogen-bond donors (Lipinski definition) is 2. The van der Waals surface area contributed by atoms with Crippen molar-refractivity contribution in [2.75, 3.05) is 5.73 Å². The summed E-state index contributed by atoms with van der Waals surface area (Å²) in [7, 11) is 0. The molecule has 1 aromatic heterocycles. The third-order valence-electron chi connectivity index (χ3n) is 1.32. The molecule has 0 amide bonds. The molecule has 0 saturated heterocycles. The number of allylic oxidation sites excluding steroid dienone is 1. The second kappa shape index (κ2) is 3.08. The summed E-state index contributed by atoms with van der Waals surface area (Å²) in [5.74, 6) is 0.124. The summed E-state index contributed by atoms with van der Waals surface area (Å²) in [6, 6.07) is 1.51. The number of anilines is 1. The molecule has 5 heteroatoms. The normalized spacial score (nSPS) is 9.67. The van der Waals surface area contributed by atoms with Gasteiger partial charge in [-0.05, 0) is 0 Å². The molecule has 0 atom stereocenters. The molecule has 12 heavy (non-hydrogen) atoms. The van der Waals surface area contributed by atoms with E-state index in [1.165, 1.54) is 6.07 Å². The zero-order valence-electron chi connectivity index (χ0n) is 6.40. The van der Waals surface area contributed by atoms with Crippen LogP contribution in [0.1, 0.15) is 5.69 Å². The number of aromatic nitrogens is 2. The molecular weight excluding hydrogens is 158 g/mol. The summed E-state index contributed by atoms with van der Waals surface area (Å²) in [5, 5.41) is 12.3. The molecule has 3 N–H and O–H groups in total. The van der Waals surface area contributed by atoms with Crippen molar-refractivity contribution in [2.24, 2.45) is 0 Å². The SMILES string of the molecule is C=CCc1cc(N)n(C(=O)O)n1. The molecule has 1 aromatic rings. The van der Waals surface area contributed by atoms with Gasteiger partial charge in [-0.3, -0.25) is 0 Å². The van der Waals surface area contributed by atoms with E-state index < -0.39 is 6.09 Å². The number of nitrogen functional groups attached to an aromatic ring is 1. The summed E-state index contributed by atoms with van der Waals surface area (Å²) in [6.07, 6.45) is 0.973. The molecule has 0 aliphatic heterocycles. The van der Waals surface area contributed by atoms with Crippen LogP contribution < -0.4 is 5.73 Å². The minimum absolute atomic E-state index is 0.124.